The third kappa shape index (κ3) is 2.91. The number of benzene rings is 1. The molecule has 1 aromatic rings. The average Bonchev–Trinajstić information content (AvgIpc) is 2.62. The SMILES string of the molecule is CC1OC(C)C(C(N)c2ccc(C(C)(C)C)cc2)C1C. The van der Waals surface area contributed by atoms with E-state index in [1.807, 2.05) is 0 Å². The molecule has 0 aromatic heterocycles. The molecule has 5 atom stereocenters. The third-order valence-corrected chi connectivity index (χ3v) is 4.90. The number of hydrogen-bond donors (Lipinski definition) is 1. The molecule has 1 aromatic carbocycles. The molecule has 2 rings (SSSR count). The van der Waals surface area contributed by atoms with Crippen LogP contribution < -0.4 is 5.73 Å². The van der Waals surface area contributed by atoms with Gasteiger partial charge in [0.05, 0.1) is 12.2 Å². The summed E-state index contributed by atoms with van der Waals surface area (Å²) in [4.78, 5) is 0. The van der Waals surface area contributed by atoms with Gasteiger partial charge in [-0.25, -0.2) is 0 Å². The standard InChI is InChI=1S/C18H29NO/c1-11-12(2)20-13(3)16(11)17(19)14-7-9-15(10-8-14)18(4,5)6/h7-13,16-17H,19H2,1-6H3. The molecule has 2 N–H and O–H groups in total. The Morgan fingerprint density at radius 1 is 1.00 bits per heavy atom. The summed E-state index contributed by atoms with van der Waals surface area (Å²) in [7, 11) is 0. The van der Waals surface area contributed by atoms with Crippen LogP contribution in [-0.4, -0.2) is 12.2 Å². The molecule has 0 spiro atoms. The van der Waals surface area contributed by atoms with E-state index in [1.54, 1.807) is 0 Å². The summed E-state index contributed by atoms with van der Waals surface area (Å²) in [5.74, 6) is 0.896. The summed E-state index contributed by atoms with van der Waals surface area (Å²) < 4.78 is 5.93. The van der Waals surface area contributed by atoms with E-state index in [0.29, 0.717) is 17.9 Å². The highest BCUT2D eigenvalue weighted by atomic mass is 16.5. The van der Waals surface area contributed by atoms with Crippen molar-refractivity contribution < 1.29 is 4.74 Å². The van der Waals surface area contributed by atoms with Crippen LogP contribution in [0, 0.1) is 11.8 Å². The molecule has 1 heterocycles. The van der Waals surface area contributed by atoms with Gasteiger partial charge < -0.3 is 10.5 Å². The van der Waals surface area contributed by atoms with Crippen molar-refractivity contribution >= 4 is 0 Å². The van der Waals surface area contributed by atoms with E-state index in [4.69, 9.17) is 10.5 Å². The molecule has 0 amide bonds. The van der Waals surface area contributed by atoms with Crippen LogP contribution in [0.1, 0.15) is 58.7 Å². The molecule has 2 heteroatoms. The lowest BCUT2D eigenvalue weighted by atomic mass is 9.80. The first-order valence-electron chi connectivity index (χ1n) is 7.73. The van der Waals surface area contributed by atoms with Gasteiger partial charge in [-0.1, -0.05) is 52.0 Å². The lowest BCUT2D eigenvalue weighted by molar-refractivity contribution is 0.0489. The Labute approximate surface area is 123 Å². The van der Waals surface area contributed by atoms with Gasteiger partial charge in [-0.2, -0.15) is 0 Å². The predicted octanol–water partition coefficient (Wildman–Crippen LogP) is 4.04. The molecule has 5 unspecified atom stereocenters. The maximum atomic E-state index is 6.52. The first kappa shape index (κ1) is 15.5. The van der Waals surface area contributed by atoms with Crippen LogP contribution in [0.5, 0.6) is 0 Å². The van der Waals surface area contributed by atoms with E-state index in [-0.39, 0.29) is 17.6 Å². The van der Waals surface area contributed by atoms with Gasteiger partial charge in [0.15, 0.2) is 0 Å². The van der Waals surface area contributed by atoms with Crippen LogP contribution in [0.2, 0.25) is 0 Å². The quantitative estimate of drug-likeness (QED) is 0.884. The maximum absolute atomic E-state index is 6.52. The minimum Gasteiger partial charge on any atom is -0.375 e. The summed E-state index contributed by atoms with van der Waals surface area (Å²) in [6.07, 6.45) is 0.534. The minimum atomic E-state index is 0.0546. The van der Waals surface area contributed by atoms with Crippen molar-refractivity contribution in [3.8, 4) is 0 Å². The normalized spacial score (nSPS) is 32.4. The third-order valence-electron chi connectivity index (χ3n) is 4.90. The van der Waals surface area contributed by atoms with Gasteiger partial charge in [0, 0.05) is 12.0 Å². The maximum Gasteiger partial charge on any atom is 0.0600 e. The van der Waals surface area contributed by atoms with E-state index in [9.17, 15) is 0 Å². The molecule has 0 saturated carbocycles. The van der Waals surface area contributed by atoms with Crippen molar-refractivity contribution in [3.63, 3.8) is 0 Å². The molecule has 1 aliphatic rings. The number of ether oxygens (including phenoxy) is 1. The van der Waals surface area contributed by atoms with Crippen LogP contribution in [0.25, 0.3) is 0 Å². The van der Waals surface area contributed by atoms with Gasteiger partial charge in [0.2, 0.25) is 0 Å². The molecule has 1 saturated heterocycles. The second-order valence-corrected chi connectivity index (χ2v) is 7.38. The van der Waals surface area contributed by atoms with Crippen molar-refractivity contribution in [3.05, 3.63) is 35.4 Å². The van der Waals surface area contributed by atoms with E-state index in [1.165, 1.54) is 11.1 Å². The Morgan fingerprint density at radius 3 is 1.95 bits per heavy atom. The van der Waals surface area contributed by atoms with Gasteiger partial charge in [0.25, 0.3) is 0 Å². The van der Waals surface area contributed by atoms with Crippen molar-refractivity contribution in [1.29, 1.82) is 0 Å². The van der Waals surface area contributed by atoms with Crippen LogP contribution in [-0.2, 0) is 10.2 Å². The molecular formula is C18H29NO. The molecule has 112 valence electrons. The number of nitrogens with two attached hydrogens (primary N) is 1. The Bertz CT molecular complexity index is 445. The summed E-state index contributed by atoms with van der Waals surface area (Å²) in [6.45, 7) is 13.3. The van der Waals surface area contributed by atoms with Gasteiger partial charge in [0.1, 0.15) is 0 Å². The lowest BCUT2D eigenvalue weighted by Crippen LogP contribution is -2.30. The van der Waals surface area contributed by atoms with Crippen LogP contribution in [0.4, 0.5) is 0 Å². The van der Waals surface area contributed by atoms with E-state index in [2.05, 4.69) is 65.8 Å². The molecule has 0 bridgehead atoms. The number of rotatable bonds is 2. The van der Waals surface area contributed by atoms with Crippen LogP contribution in [0.15, 0.2) is 24.3 Å². The van der Waals surface area contributed by atoms with Gasteiger partial charge in [-0.05, 0) is 36.3 Å². The fourth-order valence-electron chi connectivity index (χ4n) is 3.34. The van der Waals surface area contributed by atoms with Crippen molar-refractivity contribution in [2.75, 3.05) is 0 Å². The zero-order valence-corrected chi connectivity index (χ0v) is 13.7. The monoisotopic (exact) mass is 275 g/mol. The van der Waals surface area contributed by atoms with Crippen LogP contribution in [0.3, 0.4) is 0 Å². The molecule has 20 heavy (non-hydrogen) atoms. The minimum absolute atomic E-state index is 0.0546. The number of hydrogen-bond acceptors (Lipinski definition) is 2. The predicted molar refractivity (Wildman–Crippen MR) is 84.7 cm³/mol. The molecule has 2 nitrogen and oxygen atoms in total. The largest absolute Gasteiger partial charge is 0.375 e. The molecule has 0 radical (unpaired) electrons. The highest BCUT2D eigenvalue weighted by Crippen LogP contribution is 2.39. The molecule has 0 aliphatic carbocycles. The Hall–Kier alpha value is -0.860. The smallest absolute Gasteiger partial charge is 0.0600 e. The van der Waals surface area contributed by atoms with E-state index < -0.39 is 0 Å². The fourth-order valence-corrected chi connectivity index (χ4v) is 3.34. The Balaban J connectivity index is 2.19. The second-order valence-electron chi connectivity index (χ2n) is 7.38. The van der Waals surface area contributed by atoms with Gasteiger partial charge in [-0.15, -0.1) is 0 Å². The van der Waals surface area contributed by atoms with Gasteiger partial charge >= 0.3 is 0 Å². The van der Waals surface area contributed by atoms with Gasteiger partial charge in [-0.3, -0.25) is 0 Å². The van der Waals surface area contributed by atoms with Crippen molar-refractivity contribution in [2.45, 2.75) is 65.2 Å². The second kappa shape index (κ2) is 5.50. The summed E-state index contributed by atoms with van der Waals surface area (Å²) in [5, 5.41) is 0. The molecular weight excluding hydrogens is 246 g/mol. The summed E-state index contributed by atoms with van der Waals surface area (Å²) in [5.41, 5.74) is 9.29. The first-order valence-corrected chi connectivity index (χ1v) is 7.73. The first-order chi connectivity index (χ1) is 9.21. The summed E-state index contributed by atoms with van der Waals surface area (Å²) >= 11 is 0. The molecule has 1 aliphatic heterocycles. The Kier molecular flexibility index (Phi) is 4.27. The van der Waals surface area contributed by atoms with Crippen molar-refractivity contribution in [2.24, 2.45) is 17.6 Å². The zero-order valence-electron chi connectivity index (χ0n) is 13.7. The highest BCUT2D eigenvalue weighted by molar-refractivity contribution is 5.29. The van der Waals surface area contributed by atoms with E-state index in [0.717, 1.165) is 0 Å². The lowest BCUT2D eigenvalue weighted by Gasteiger charge is -2.27. The van der Waals surface area contributed by atoms with Crippen LogP contribution >= 0.6 is 0 Å². The Morgan fingerprint density at radius 2 is 1.55 bits per heavy atom. The van der Waals surface area contributed by atoms with E-state index >= 15 is 0 Å². The average molecular weight is 275 g/mol. The topological polar surface area (TPSA) is 35.2 Å². The fraction of sp³-hybridized carbons (Fsp3) is 0.667. The highest BCUT2D eigenvalue weighted by Gasteiger charge is 2.40. The van der Waals surface area contributed by atoms with Crippen molar-refractivity contribution in [1.82, 2.24) is 0 Å². The molecule has 1 fully saturated rings. The summed E-state index contributed by atoms with van der Waals surface area (Å²) in [6, 6.07) is 8.86. The zero-order chi connectivity index (χ0) is 15.1.